The number of para-hydroxylation sites is 1. The Balaban J connectivity index is 1.75. The van der Waals surface area contributed by atoms with Crippen LogP contribution in [0.4, 0.5) is 0 Å². The van der Waals surface area contributed by atoms with Crippen LogP contribution in [-0.4, -0.2) is 33.0 Å². The molecule has 1 heterocycles. The second-order valence-corrected chi connectivity index (χ2v) is 7.58. The molecule has 0 saturated heterocycles. The number of rotatable bonds is 5. The summed E-state index contributed by atoms with van der Waals surface area (Å²) >= 11 is 0. The average molecular weight is 407 g/mol. The van der Waals surface area contributed by atoms with Gasteiger partial charge in [-0.2, -0.15) is 0 Å². The van der Waals surface area contributed by atoms with E-state index in [-0.39, 0.29) is 29.9 Å². The molecule has 1 N–H and O–H groups in total. The van der Waals surface area contributed by atoms with Gasteiger partial charge in [-0.15, -0.1) is 0 Å². The Morgan fingerprint density at radius 3 is 2.30 bits per heavy atom. The Kier molecular flexibility index (Phi) is 5.48. The van der Waals surface area contributed by atoms with Crippen molar-refractivity contribution in [3.63, 3.8) is 0 Å². The van der Waals surface area contributed by atoms with Crippen LogP contribution in [0, 0.1) is 0 Å². The second kappa shape index (κ2) is 8.22. The molecule has 2 atom stereocenters. The van der Waals surface area contributed by atoms with Gasteiger partial charge in [0.25, 0.3) is 0 Å². The Morgan fingerprint density at radius 2 is 1.57 bits per heavy atom. The number of hydrogen-bond donors (Lipinski definition) is 1. The molecule has 1 amide bonds. The zero-order chi connectivity index (χ0) is 21.3. The molecule has 6 heteroatoms. The summed E-state index contributed by atoms with van der Waals surface area (Å²) in [5, 5.41) is 2.96. The molecule has 1 aliphatic heterocycles. The maximum atomic E-state index is 13.3. The van der Waals surface area contributed by atoms with Gasteiger partial charge in [-0.1, -0.05) is 18.2 Å². The molecule has 2 aliphatic rings. The third-order valence-electron chi connectivity index (χ3n) is 5.93. The van der Waals surface area contributed by atoms with Crippen LogP contribution in [0.5, 0.6) is 17.2 Å². The fourth-order valence-electron chi connectivity index (χ4n) is 4.56. The van der Waals surface area contributed by atoms with E-state index < -0.39 is 0 Å². The van der Waals surface area contributed by atoms with Crippen molar-refractivity contribution < 1.29 is 23.8 Å². The van der Waals surface area contributed by atoms with E-state index >= 15 is 0 Å². The first-order chi connectivity index (χ1) is 14.5. The second-order valence-electron chi connectivity index (χ2n) is 7.58. The zero-order valence-corrected chi connectivity index (χ0v) is 17.4. The van der Waals surface area contributed by atoms with Gasteiger partial charge >= 0.3 is 0 Å². The van der Waals surface area contributed by atoms with E-state index in [9.17, 15) is 9.59 Å². The molecule has 0 saturated carbocycles. The van der Waals surface area contributed by atoms with Gasteiger partial charge in [0.2, 0.25) is 5.91 Å². The molecule has 2 aromatic carbocycles. The van der Waals surface area contributed by atoms with Gasteiger partial charge in [-0.3, -0.25) is 9.59 Å². The fourth-order valence-corrected chi connectivity index (χ4v) is 4.56. The first kappa shape index (κ1) is 20.0. The van der Waals surface area contributed by atoms with Crippen molar-refractivity contribution in [1.82, 2.24) is 5.32 Å². The standard InChI is InChI=1S/C24H25NO5/c1-28-15-8-9-22(30-3)17(12-15)14-10-19-24(20(26)11-14)18(13-23(27)25-19)16-6-4-5-7-21(16)29-2/h4-9,12,14,18H,10-11,13H2,1-3H3,(H,25,27)/t14-,18+/m1/s1. The van der Waals surface area contributed by atoms with Gasteiger partial charge in [0, 0.05) is 47.1 Å². The molecular formula is C24H25NO5. The molecule has 0 bridgehead atoms. The average Bonchev–Trinajstić information content (AvgIpc) is 2.77. The minimum absolute atomic E-state index is 0.0435. The quantitative estimate of drug-likeness (QED) is 0.818. The number of Topliss-reactive ketones (excluding diaryl/α,β-unsaturated/α-hetero) is 1. The zero-order valence-electron chi connectivity index (χ0n) is 17.4. The summed E-state index contributed by atoms with van der Waals surface area (Å²) in [6, 6.07) is 13.2. The third kappa shape index (κ3) is 3.54. The minimum Gasteiger partial charge on any atom is -0.497 e. The highest BCUT2D eigenvalue weighted by atomic mass is 16.5. The normalized spacial score (nSPS) is 21.0. The number of allylic oxidation sites excluding steroid dienone is 2. The van der Waals surface area contributed by atoms with Gasteiger partial charge in [0.1, 0.15) is 17.2 Å². The lowest BCUT2D eigenvalue weighted by Gasteiger charge is -2.35. The summed E-state index contributed by atoms with van der Waals surface area (Å²) < 4.78 is 16.4. The molecule has 2 aromatic rings. The molecule has 1 aliphatic carbocycles. The van der Waals surface area contributed by atoms with E-state index in [0.29, 0.717) is 41.4 Å². The van der Waals surface area contributed by atoms with Crippen molar-refractivity contribution in [2.24, 2.45) is 0 Å². The SMILES string of the molecule is COc1ccc(OC)c([C@H]2CC(=O)C3=C(C2)NC(=O)C[C@H]3c2ccccc2OC)c1. The van der Waals surface area contributed by atoms with Gasteiger partial charge in [-0.05, 0) is 30.7 Å². The van der Waals surface area contributed by atoms with Crippen molar-refractivity contribution in [2.75, 3.05) is 21.3 Å². The van der Waals surface area contributed by atoms with E-state index in [2.05, 4.69) is 5.32 Å². The van der Waals surface area contributed by atoms with E-state index in [4.69, 9.17) is 14.2 Å². The minimum atomic E-state index is -0.300. The largest absolute Gasteiger partial charge is 0.497 e. The van der Waals surface area contributed by atoms with Crippen LogP contribution in [0.1, 0.15) is 42.2 Å². The van der Waals surface area contributed by atoms with Crippen LogP contribution in [-0.2, 0) is 9.59 Å². The predicted molar refractivity (Wildman–Crippen MR) is 112 cm³/mol. The van der Waals surface area contributed by atoms with E-state index in [1.807, 2.05) is 42.5 Å². The monoisotopic (exact) mass is 407 g/mol. The molecule has 0 spiro atoms. The summed E-state index contributed by atoms with van der Waals surface area (Å²) in [6.07, 6.45) is 1.14. The van der Waals surface area contributed by atoms with Crippen molar-refractivity contribution in [3.05, 3.63) is 64.9 Å². The number of ketones is 1. The summed E-state index contributed by atoms with van der Waals surface area (Å²) in [5.41, 5.74) is 3.17. The van der Waals surface area contributed by atoms with E-state index in [1.165, 1.54) is 0 Å². The highest BCUT2D eigenvalue weighted by molar-refractivity contribution is 6.02. The molecule has 30 heavy (non-hydrogen) atoms. The van der Waals surface area contributed by atoms with Crippen LogP contribution in [0.2, 0.25) is 0 Å². The van der Waals surface area contributed by atoms with Crippen molar-refractivity contribution >= 4 is 11.7 Å². The Labute approximate surface area is 175 Å². The number of ether oxygens (including phenoxy) is 3. The lowest BCUT2D eigenvalue weighted by Crippen LogP contribution is -2.38. The molecular weight excluding hydrogens is 382 g/mol. The van der Waals surface area contributed by atoms with Gasteiger partial charge < -0.3 is 19.5 Å². The fraction of sp³-hybridized carbons (Fsp3) is 0.333. The number of benzene rings is 2. The number of carbonyl (C=O) groups is 2. The summed E-state index contributed by atoms with van der Waals surface area (Å²) in [6.45, 7) is 0. The van der Waals surface area contributed by atoms with E-state index in [0.717, 1.165) is 11.1 Å². The van der Waals surface area contributed by atoms with Crippen LogP contribution >= 0.6 is 0 Å². The Morgan fingerprint density at radius 1 is 0.833 bits per heavy atom. The first-order valence-electron chi connectivity index (χ1n) is 9.96. The molecule has 0 radical (unpaired) electrons. The summed E-state index contributed by atoms with van der Waals surface area (Å²) in [7, 11) is 4.82. The number of hydrogen-bond acceptors (Lipinski definition) is 5. The number of carbonyl (C=O) groups excluding carboxylic acids is 2. The maximum absolute atomic E-state index is 13.3. The third-order valence-corrected chi connectivity index (χ3v) is 5.93. The smallest absolute Gasteiger partial charge is 0.225 e. The number of nitrogens with one attached hydrogen (secondary N) is 1. The summed E-state index contributed by atoms with van der Waals surface area (Å²) in [5.74, 6) is 1.66. The Bertz CT molecular complexity index is 1030. The maximum Gasteiger partial charge on any atom is 0.225 e. The topological polar surface area (TPSA) is 73.9 Å². The highest BCUT2D eigenvalue weighted by Gasteiger charge is 2.39. The lowest BCUT2D eigenvalue weighted by molar-refractivity contribution is -0.122. The number of amides is 1. The van der Waals surface area contributed by atoms with Crippen LogP contribution < -0.4 is 19.5 Å². The van der Waals surface area contributed by atoms with Crippen LogP contribution in [0.15, 0.2) is 53.7 Å². The molecule has 0 unspecified atom stereocenters. The van der Waals surface area contributed by atoms with Crippen molar-refractivity contribution in [3.8, 4) is 17.2 Å². The van der Waals surface area contributed by atoms with Gasteiger partial charge in [0.15, 0.2) is 5.78 Å². The van der Waals surface area contributed by atoms with Crippen LogP contribution in [0.3, 0.4) is 0 Å². The highest BCUT2D eigenvalue weighted by Crippen LogP contribution is 2.46. The van der Waals surface area contributed by atoms with Crippen molar-refractivity contribution in [2.45, 2.75) is 31.1 Å². The van der Waals surface area contributed by atoms with Crippen LogP contribution in [0.25, 0.3) is 0 Å². The van der Waals surface area contributed by atoms with Crippen molar-refractivity contribution in [1.29, 1.82) is 0 Å². The van der Waals surface area contributed by atoms with E-state index in [1.54, 1.807) is 21.3 Å². The van der Waals surface area contributed by atoms with Gasteiger partial charge in [0.05, 0.1) is 21.3 Å². The molecule has 0 fully saturated rings. The molecule has 4 rings (SSSR count). The lowest BCUT2D eigenvalue weighted by atomic mass is 9.73. The predicted octanol–water partition coefficient (Wildman–Crippen LogP) is 3.72. The van der Waals surface area contributed by atoms with Gasteiger partial charge in [-0.25, -0.2) is 0 Å². The summed E-state index contributed by atoms with van der Waals surface area (Å²) in [4.78, 5) is 25.9. The first-order valence-corrected chi connectivity index (χ1v) is 9.96. The number of methoxy groups -OCH3 is 3. The molecule has 156 valence electrons. The Hall–Kier alpha value is -3.28. The molecule has 0 aromatic heterocycles. The molecule has 6 nitrogen and oxygen atoms in total.